The molecule has 0 aliphatic carbocycles. The fourth-order valence-corrected chi connectivity index (χ4v) is 3.30. The first-order chi connectivity index (χ1) is 11.3. The molecule has 0 saturated heterocycles. The van der Waals surface area contributed by atoms with E-state index in [2.05, 4.69) is 11.6 Å². The zero-order valence-corrected chi connectivity index (χ0v) is 16.4. The molecular weight excluding hydrogens is 302 g/mol. The molecule has 0 rings (SSSR count). The molecule has 0 saturated carbocycles. The molecule has 0 aromatic rings. The van der Waals surface area contributed by atoms with Crippen LogP contribution in [-0.2, 0) is 4.79 Å². The van der Waals surface area contributed by atoms with E-state index in [0.717, 1.165) is 17.9 Å². The third-order valence-electron chi connectivity index (χ3n) is 4.26. The summed E-state index contributed by atoms with van der Waals surface area (Å²) in [5.74, 6) is 1.97. The van der Waals surface area contributed by atoms with Crippen LogP contribution in [0.4, 0.5) is 0 Å². The van der Waals surface area contributed by atoms with Crippen molar-refractivity contribution in [2.45, 2.75) is 110 Å². The van der Waals surface area contributed by atoms with E-state index < -0.39 is 0 Å². The van der Waals surface area contributed by atoms with Gasteiger partial charge in [-0.2, -0.15) is 0 Å². The van der Waals surface area contributed by atoms with Crippen LogP contribution < -0.4 is 4.72 Å². The largest absolute Gasteiger partial charge is 0.260 e. The zero-order chi connectivity index (χ0) is 17.0. The third-order valence-corrected chi connectivity index (χ3v) is 5.23. The second-order valence-corrected chi connectivity index (χ2v) is 7.46. The van der Waals surface area contributed by atoms with Gasteiger partial charge in [0.2, 0.25) is 0 Å². The van der Waals surface area contributed by atoms with Crippen molar-refractivity contribution in [1.29, 1.82) is 0 Å². The van der Waals surface area contributed by atoms with Gasteiger partial charge in [-0.15, -0.1) is 0 Å². The van der Waals surface area contributed by atoms with E-state index in [9.17, 15) is 4.79 Å². The first-order valence-electron chi connectivity index (χ1n) is 9.98. The Balaban J connectivity index is 3.07. The molecule has 136 valence electrons. The Hall–Kier alpha value is -0.240. The minimum Gasteiger partial charge on any atom is -0.260 e. The molecule has 0 atom stereocenters. The smallest absolute Gasteiger partial charge is 0.136 e. The lowest BCUT2D eigenvalue weighted by atomic mass is 10.0. The summed E-state index contributed by atoms with van der Waals surface area (Å²) in [7, 11) is 0. The molecule has 0 bridgehead atoms. The van der Waals surface area contributed by atoms with E-state index in [1.54, 1.807) is 0 Å². The molecule has 0 unspecified atom stereocenters. The maximum Gasteiger partial charge on any atom is 0.136 e. The molecule has 0 fully saturated rings. The number of hydrogen-bond acceptors (Lipinski definition) is 3. The molecule has 0 amide bonds. The van der Waals surface area contributed by atoms with E-state index in [1.807, 2.05) is 12.9 Å². The van der Waals surface area contributed by atoms with Gasteiger partial charge in [0.05, 0.1) is 4.91 Å². The standard InChI is InChI=1S/C20H39NOS/c1-3-5-6-7-8-9-10-11-12-13-14-15-16-17-18-21-23-20(4-2)19-22/h21H,3-18H2,1-2H3. The van der Waals surface area contributed by atoms with Crippen molar-refractivity contribution in [3.63, 3.8) is 0 Å². The van der Waals surface area contributed by atoms with Crippen molar-refractivity contribution < 1.29 is 4.79 Å². The average Bonchev–Trinajstić information content (AvgIpc) is 2.58. The summed E-state index contributed by atoms with van der Waals surface area (Å²) in [5.41, 5.74) is 0. The molecule has 0 radical (unpaired) electrons. The number of unbranched alkanes of at least 4 members (excludes halogenated alkanes) is 13. The van der Waals surface area contributed by atoms with Gasteiger partial charge < -0.3 is 0 Å². The normalized spacial score (nSPS) is 10.7. The quantitative estimate of drug-likeness (QED) is 0.168. The maximum absolute atomic E-state index is 10.5. The Bertz CT molecular complexity index is 287. The molecular formula is C20H39NOS. The summed E-state index contributed by atoms with van der Waals surface area (Å²) in [6, 6.07) is 0. The van der Waals surface area contributed by atoms with Gasteiger partial charge in [-0.1, -0.05) is 97.3 Å². The second kappa shape index (κ2) is 19.8. The SMILES string of the molecule is CCCCCCCCCCCCCCCCNSC(=C=O)CC. The highest BCUT2D eigenvalue weighted by Gasteiger charge is 1.96. The molecule has 1 N–H and O–H groups in total. The molecule has 0 aliphatic rings. The van der Waals surface area contributed by atoms with E-state index in [0.29, 0.717) is 0 Å². The van der Waals surface area contributed by atoms with Gasteiger partial charge >= 0.3 is 0 Å². The average molecular weight is 342 g/mol. The van der Waals surface area contributed by atoms with E-state index in [4.69, 9.17) is 0 Å². The maximum atomic E-state index is 10.5. The van der Waals surface area contributed by atoms with Crippen LogP contribution >= 0.6 is 11.9 Å². The van der Waals surface area contributed by atoms with Gasteiger partial charge in [0.1, 0.15) is 5.94 Å². The number of nitrogens with one attached hydrogen (secondary N) is 1. The van der Waals surface area contributed by atoms with Crippen molar-refractivity contribution >= 4 is 17.9 Å². The highest BCUT2D eigenvalue weighted by atomic mass is 32.2. The van der Waals surface area contributed by atoms with Crippen LogP contribution in [-0.4, -0.2) is 12.5 Å². The van der Waals surface area contributed by atoms with Crippen LogP contribution in [0.25, 0.3) is 0 Å². The fraction of sp³-hybridized carbons (Fsp3) is 0.900. The van der Waals surface area contributed by atoms with Crippen molar-refractivity contribution in [1.82, 2.24) is 4.72 Å². The van der Waals surface area contributed by atoms with Crippen molar-refractivity contribution in [3.05, 3.63) is 4.91 Å². The topological polar surface area (TPSA) is 29.1 Å². The number of carbonyl (C=O) groups excluding carboxylic acids is 1. The van der Waals surface area contributed by atoms with Crippen LogP contribution in [0.1, 0.15) is 110 Å². The Morgan fingerprint density at radius 3 is 1.57 bits per heavy atom. The molecule has 0 aromatic carbocycles. The van der Waals surface area contributed by atoms with Gasteiger partial charge in [0.25, 0.3) is 0 Å². The predicted octanol–water partition coefficient (Wildman–Crippen LogP) is 6.83. The van der Waals surface area contributed by atoms with Crippen LogP contribution in [0.2, 0.25) is 0 Å². The summed E-state index contributed by atoms with van der Waals surface area (Å²) in [5, 5.41) is 0. The van der Waals surface area contributed by atoms with Crippen LogP contribution in [0, 0.1) is 0 Å². The van der Waals surface area contributed by atoms with Gasteiger partial charge in [-0.3, -0.25) is 4.72 Å². The Morgan fingerprint density at radius 2 is 1.17 bits per heavy atom. The molecule has 0 heterocycles. The van der Waals surface area contributed by atoms with Crippen LogP contribution in [0.5, 0.6) is 0 Å². The summed E-state index contributed by atoms with van der Waals surface area (Å²) in [6.07, 6.45) is 20.3. The first kappa shape index (κ1) is 22.8. The Kier molecular flexibility index (Phi) is 19.6. The Morgan fingerprint density at radius 1 is 0.739 bits per heavy atom. The molecule has 23 heavy (non-hydrogen) atoms. The fourth-order valence-electron chi connectivity index (χ4n) is 2.70. The lowest BCUT2D eigenvalue weighted by Crippen LogP contribution is -2.05. The molecule has 2 nitrogen and oxygen atoms in total. The number of allylic oxidation sites excluding steroid dienone is 1. The number of rotatable bonds is 18. The van der Waals surface area contributed by atoms with Crippen LogP contribution in [0.3, 0.4) is 0 Å². The summed E-state index contributed by atoms with van der Waals surface area (Å²) in [4.78, 5) is 11.3. The molecule has 3 heteroatoms. The minimum atomic E-state index is 0.773. The van der Waals surface area contributed by atoms with E-state index in [1.165, 1.54) is 102 Å². The van der Waals surface area contributed by atoms with Gasteiger partial charge in [0, 0.05) is 6.54 Å². The van der Waals surface area contributed by atoms with Crippen molar-refractivity contribution in [2.24, 2.45) is 0 Å². The predicted molar refractivity (Wildman–Crippen MR) is 105 cm³/mol. The monoisotopic (exact) mass is 341 g/mol. The summed E-state index contributed by atoms with van der Waals surface area (Å²) < 4.78 is 3.25. The highest BCUT2D eigenvalue weighted by molar-refractivity contribution is 8.01. The molecule has 0 aromatic heterocycles. The number of hydrogen-bond donors (Lipinski definition) is 1. The highest BCUT2D eigenvalue weighted by Crippen LogP contribution is 2.14. The second-order valence-electron chi connectivity index (χ2n) is 6.47. The lowest BCUT2D eigenvalue weighted by Gasteiger charge is -2.04. The Labute approximate surface area is 149 Å². The molecule has 0 aliphatic heterocycles. The molecule has 0 spiro atoms. The summed E-state index contributed by atoms with van der Waals surface area (Å²) >= 11 is 1.45. The zero-order valence-electron chi connectivity index (χ0n) is 15.6. The lowest BCUT2D eigenvalue weighted by molar-refractivity contribution is 0.535. The van der Waals surface area contributed by atoms with Gasteiger partial charge in [-0.05, 0) is 24.8 Å². The summed E-state index contributed by atoms with van der Waals surface area (Å²) in [6.45, 7) is 5.26. The van der Waals surface area contributed by atoms with Crippen molar-refractivity contribution in [2.75, 3.05) is 6.54 Å². The van der Waals surface area contributed by atoms with Gasteiger partial charge in [0.15, 0.2) is 0 Å². The third kappa shape index (κ3) is 17.9. The first-order valence-corrected chi connectivity index (χ1v) is 10.8. The van der Waals surface area contributed by atoms with E-state index >= 15 is 0 Å². The van der Waals surface area contributed by atoms with Crippen molar-refractivity contribution in [3.8, 4) is 0 Å². The van der Waals surface area contributed by atoms with Crippen LogP contribution in [0.15, 0.2) is 4.91 Å². The van der Waals surface area contributed by atoms with Gasteiger partial charge in [-0.25, -0.2) is 4.79 Å². The minimum absolute atomic E-state index is 0.773. The van der Waals surface area contributed by atoms with E-state index in [-0.39, 0.29) is 0 Å².